The molecule has 1 nitrogen and oxygen atoms in total. The Morgan fingerprint density at radius 2 is 2.17 bits per heavy atom. The number of hydrogen-bond donors (Lipinski definition) is 0. The molecule has 72 valence electrons. The largest absolute Gasteiger partial charge is 0.298 e. The van der Waals surface area contributed by atoms with E-state index in [1.54, 1.807) is 0 Å². The van der Waals surface area contributed by atoms with Crippen molar-refractivity contribution in [1.29, 1.82) is 0 Å². The number of rotatable bonds is 4. The highest BCUT2D eigenvalue weighted by Crippen LogP contribution is 2.25. The molecule has 0 amide bonds. The summed E-state index contributed by atoms with van der Waals surface area (Å²) in [5.41, 5.74) is 0. The molecule has 1 saturated heterocycles. The van der Waals surface area contributed by atoms with E-state index < -0.39 is 0 Å². The Kier molecular flexibility index (Phi) is 4.38. The predicted octanol–water partition coefficient (Wildman–Crippen LogP) is 2.88. The number of hydrogen-bond acceptors (Lipinski definition) is 1. The molecule has 1 fully saturated rings. The van der Waals surface area contributed by atoms with Crippen LogP contribution in [0, 0.1) is 0 Å². The SMILES string of the molecule is CCC1CCC(C)N1CCCCl. The van der Waals surface area contributed by atoms with Gasteiger partial charge in [-0.15, -0.1) is 11.6 Å². The van der Waals surface area contributed by atoms with Gasteiger partial charge in [0.2, 0.25) is 0 Å². The number of nitrogens with zero attached hydrogens (tertiary/aromatic N) is 1. The first-order chi connectivity index (χ1) is 5.79. The van der Waals surface area contributed by atoms with Crippen LogP contribution in [-0.2, 0) is 0 Å². The third kappa shape index (κ3) is 2.37. The highest BCUT2D eigenvalue weighted by atomic mass is 35.5. The molecule has 0 N–H and O–H groups in total. The average molecular weight is 190 g/mol. The van der Waals surface area contributed by atoms with Gasteiger partial charge in [0.15, 0.2) is 0 Å². The van der Waals surface area contributed by atoms with Gasteiger partial charge in [0.1, 0.15) is 0 Å². The first kappa shape index (κ1) is 10.3. The van der Waals surface area contributed by atoms with Crippen molar-refractivity contribution < 1.29 is 0 Å². The smallest absolute Gasteiger partial charge is 0.0235 e. The Balaban J connectivity index is 2.35. The zero-order valence-corrected chi connectivity index (χ0v) is 8.98. The summed E-state index contributed by atoms with van der Waals surface area (Å²) < 4.78 is 0. The fourth-order valence-electron chi connectivity index (χ4n) is 2.21. The molecule has 1 rings (SSSR count). The van der Waals surface area contributed by atoms with Crippen LogP contribution in [0.4, 0.5) is 0 Å². The summed E-state index contributed by atoms with van der Waals surface area (Å²) in [5.74, 6) is 0.805. The second kappa shape index (κ2) is 5.08. The lowest BCUT2D eigenvalue weighted by molar-refractivity contribution is 0.199. The lowest BCUT2D eigenvalue weighted by atomic mass is 10.1. The van der Waals surface area contributed by atoms with Crippen LogP contribution in [0.15, 0.2) is 0 Å². The third-order valence-corrected chi connectivity index (χ3v) is 3.24. The van der Waals surface area contributed by atoms with Crippen molar-refractivity contribution >= 4 is 11.6 Å². The Morgan fingerprint density at radius 3 is 2.75 bits per heavy atom. The van der Waals surface area contributed by atoms with E-state index in [2.05, 4.69) is 18.7 Å². The first-order valence-electron chi connectivity index (χ1n) is 5.11. The maximum Gasteiger partial charge on any atom is 0.0235 e. The molecule has 12 heavy (non-hydrogen) atoms. The summed E-state index contributed by atoms with van der Waals surface area (Å²) in [6.07, 6.45) is 5.20. The number of halogens is 1. The van der Waals surface area contributed by atoms with Crippen molar-refractivity contribution in [1.82, 2.24) is 4.90 Å². The summed E-state index contributed by atoms with van der Waals surface area (Å²) in [5, 5.41) is 0. The molecular weight excluding hydrogens is 170 g/mol. The summed E-state index contributed by atoms with van der Waals surface area (Å²) in [6, 6.07) is 1.63. The Morgan fingerprint density at radius 1 is 1.42 bits per heavy atom. The van der Waals surface area contributed by atoms with E-state index >= 15 is 0 Å². The van der Waals surface area contributed by atoms with Crippen molar-refractivity contribution in [2.45, 2.75) is 51.6 Å². The van der Waals surface area contributed by atoms with Gasteiger partial charge in [-0.05, 0) is 39.2 Å². The van der Waals surface area contributed by atoms with Gasteiger partial charge in [-0.2, -0.15) is 0 Å². The van der Waals surface area contributed by atoms with Crippen molar-refractivity contribution in [2.24, 2.45) is 0 Å². The molecule has 0 radical (unpaired) electrons. The molecule has 0 aromatic rings. The van der Waals surface area contributed by atoms with Gasteiger partial charge in [-0.3, -0.25) is 4.90 Å². The van der Waals surface area contributed by atoms with Crippen LogP contribution in [0.1, 0.15) is 39.5 Å². The van der Waals surface area contributed by atoms with Crippen LogP contribution in [0.2, 0.25) is 0 Å². The lowest BCUT2D eigenvalue weighted by Gasteiger charge is -2.27. The van der Waals surface area contributed by atoms with Crippen molar-refractivity contribution in [3.8, 4) is 0 Å². The minimum Gasteiger partial charge on any atom is -0.298 e. The molecule has 2 heteroatoms. The van der Waals surface area contributed by atoms with Crippen LogP contribution in [0.25, 0.3) is 0 Å². The van der Waals surface area contributed by atoms with E-state index in [1.165, 1.54) is 25.8 Å². The Hall–Kier alpha value is 0.250. The van der Waals surface area contributed by atoms with E-state index in [0.29, 0.717) is 0 Å². The van der Waals surface area contributed by atoms with E-state index in [4.69, 9.17) is 11.6 Å². The lowest BCUT2D eigenvalue weighted by Crippen LogP contribution is -2.35. The van der Waals surface area contributed by atoms with Crippen LogP contribution >= 0.6 is 11.6 Å². The second-order valence-corrected chi connectivity index (χ2v) is 4.15. The normalized spacial score (nSPS) is 31.2. The Labute approximate surface area is 81.1 Å². The molecule has 0 aromatic heterocycles. The zero-order valence-electron chi connectivity index (χ0n) is 8.22. The highest BCUT2D eigenvalue weighted by Gasteiger charge is 2.27. The molecule has 0 aromatic carbocycles. The van der Waals surface area contributed by atoms with E-state index in [-0.39, 0.29) is 0 Å². The van der Waals surface area contributed by atoms with Gasteiger partial charge in [0.05, 0.1) is 0 Å². The van der Waals surface area contributed by atoms with E-state index in [0.717, 1.165) is 24.4 Å². The highest BCUT2D eigenvalue weighted by molar-refractivity contribution is 6.17. The van der Waals surface area contributed by atoms with Crippen LogP contribution < -0.4 is 0 Å². The van der Waals surface area contributed by atoms with Gasteiger partial charge >= 0.3 is 0 Å². The van der Waals surface area contributed by atoms with E-state index in [9.17, 15) is 0 Å². The van der Waals surface area contributed by atoms with Crippen LogP contribution in [-0.4, -0.2) is 29.4 Å². The minimum atomic E-state index is 0.790. The standard InChI is InChI=1S/C10H20ClN/c1-3-10-6-5-9(2)12(10)8-4-7-11/h9-10H,3-8H2,1-2H3. The van der Waals surface area contributed by atoms with Gasteiger partial charge < -0.3 is 0 Å². The number of likely N-dealkylation sites (tertiary alicyclic amines) is 1. The van der Waals surface area contributed by atoms with Crippen molar-refractivity contribution in [3.05, 3.63) is 0 Å². The molecule has 2 unspecified atom stereocenters. The molecule has 2 atom stereocenters. The third-order valence-electron chi connectivity index (χ3n) is 2.97. The summed E-state index contributed by atoms with van der Waals surface area (Å²) >= 11 is 5.69. The van der Waals surface area contributed by atoms with Gasteiger partial charge in [0, 0.05) is 18.0 Å². The van der Waals surface area contributed by atoms with Gasteiger partial charge in [0.25, 0.3) is 0 Å². The molecule has 1 aliphatic rings. The fraction of sp³-hybridized carbons (Fsp3) is 1.00. The van der Waals surface area contributed by atoms with E-state index in [1.807, 2.05) is 0 Å². The first-order valence-corrected chi connectivity index (χ1v) is 5.64. The van der Waals surface area contributed by atoms with Crippen molar-refractivity contribution in [2.75, 3.05) is 12.4 Å². The molecule has 0 aliphatic carbocycles. The average Bonchev–Trinajstić information content (AvgIpc) is 2.43. The molecule has 0 bridgehead atoms. The van der Waals surface area contributed by atoms with Gasteiger partial charge in [-0.25, -0.2) is 0 Å². The predicted molar refractivity (Wildman–Crippen MR) is 54.8 cm³/mol. The maximum atomic E-state index is 5.69. The summed E-state index contributed by atoms with van der Waals surface area (Å²) in [6.45, 7) is 5.82. The maximum absolute atomic E-state index is 5.69. The molecule has 1 heterocycles. The summed E-state index contributed by atoms with van der Waals surface area (Å²) in [7, 11) is 0. The topological polar surface area (TPSA) is 3.24 Å². The monoisotopic (exact) mass is 189 g/mol. The van der Waals surface area contributed by atoms with Crippen LogP contribution in [0.3, 0.4) is 0 Å². The summed E-state index contributed by atoms with van der Waals surface area (Å²) in [4.78, 5) is 2.63. The minimum absolute atomic E-state index is 0.790. The molecule has 1 aliphatic heterocycles. The second-order valence-electron chi connectivity index (χ2n) is 3.77. The molecule has 0 saturated carbocycles. The Bertz CT molecular complexity index is 127. The molecular formula is C10H20ClN. The quantitative estimate of drug-likeness (QED) is 0.615. The van der Waals surface area contributed by atoms with Crippen molar-refractivity contribution in [3.63, 3.8) is 0 Å². The fourth-order valence-corrected chi connectivity index (χ4v) is 2.33. The molecule has 0 spiro atoms. The van der Waals surface area contributed by atoms with Gasteiger partial charge in [-0.1, -0.05) is 6.92 Å². The zero-order chi connectivity index (χ0) is 8.97. The number of alkyl halides is 1. The van der Waals surface area contributed by atoms with Crippen LogP contribution in [0.5, 0.6) is 0 Å².